The number of aromatic nitrogens is 4. The Labute approximate surface area is 193 Å². The van der Waals surface area contributed by atoms with Gasteiger partial charge in [-0.1, -0.05) is 13.8 Å². The third-order valence-corrected chi connectivity index (χ3v) is 6.21. The molecule has 2 heterocycles. The number of nitrogens with zero attached hydrogens (tertiary/aromatic N) is 3. The van der Waals surface area contributed by atoms with Gasteiger partial charge in [0.25, 0.3) is 5.91 Å². The van der Waals surface area contributed by atoms with Crippen molar-refractivity contribution < 1.29 is 31.5 Å². The number of nitrogens with one attached hydrogen (secondary N) is 3. The van der Waals surface area contributed by atoms with Crippen LogP contribution in [-0.2, 0) is 22.6 Å². The van der Waals surface area contributed by atoms with Crippen LogP contribution in [0.2, 0.25) is 0 Å². The van der Waals surface area contributed by atoms with Gasteiger partial charge >= 0.3 is 6.18 Å². The molecule has 34 heavy (non-hydrogen) atoms. The van der Waals surface area contributed by atoms with Gasteiger partial charge < -0.3 is 20.7 Å². The van der Waals surface area contributed by atoms with Gasteiger partial charge in [0.1, 0.15) is 5.82 Å². The Balaban J connectivity index is 2.06. The van der Waals surface area contributed by atoms with Crippen LogP contribution in [0.15, 0.2) is 23.2 Å². The van der Waals surface area contributed by atoms with Crippen molar-refractivity contribution >= 4 is 32.7 Å². The van der Waals surface area contributed by atoms with Crippen LogP contribution in [0.4, 0.5) is 19.1 Å². The van der Waals surface area contributed by atoms with E-state index in [0.29, 0.717) is 16.9 Å². The molecular formula is C20H23F3N6O4S. The minimum absolute atomic E-state index is 0.0717. The Morgan fingerprint density at radius 3 is 2.44 bits per heavy atom. The van der Waals surface area contributed by atoms with E-state index >= 15 is 0 Å². The predicted octanol–water partition coefficient (Wildman–Crippen LogP) is 2.44. The highest BCUT2D eigenvalue weighted by atomic mass is 32.2. The Bertz CT molecular complexity index is 1340. The van der Waals surface area contributed by atoms with E-state index in [1.807, 2.05) is 0 Å². The Kier molecular flexibility index (Phi) is 6.85. The van der Waals surface area contributed by atoms with E-state index in [2.05, 4.69) is 30.6 Å². The van der Waals surface area contributed by atoms with E-state index < -0.39 is 45.8 Å². The molecule has 2 aromatic heterocycles. The zero-order valence-corrected chi connectivity index (χ0v) is 19.5. The zero-order valence-electron chi connectivity index (χ0n) is 18.6. The average molecular weight is 501 g/mol. The second kappa shape index (κ2) is 9.18. The normalized spacial score (nSPS) is 13.3. The first kappa shape index (κ1) is 25.4. The fourth-order valence-electron chi connectivity index (χ4n) is 3.38. The summed E-state index contributed by atoms with van der Waals surface area (Å²) in [4.78, 5) is 26.5. The van der Waals surface area contributed by atoms with Crippen LogP contribution < -0.4 is 10.6 Å². The highest BCUT2D eigenvalue weighted by Gasteiger charge is 2.38. The quantitative estimate of drug-likeness (QED) is 0.386. The van der Waals surface area contributed by atoms with Gasteiger partial charge in [-0.25, -0.2) is 23.4 Å². The average Bonchev–Trinajstić information content (AvgIpc) is 3.17. The molecule has 184 valence electrons. The van der Waals surface area contributed by atoms with Crippen LogP contribution in [-0.4, -0.2) is 52.7 Å². The smallest absolute Gasteiger partial charge is 0.392 e. The maximum Gasteiger partial charge on any atom is 0.434 e. The largest absolute Gasteiger partial charge is 0.434 e. The number of benzene rings is 1. The summed E-state index contributed by atoms with van der Waals surface area (Å²) in [6.45, 7) is 3.06. The molecule has 1 atom stereocenters. The molecule has 0 fully saturated rings. The Hall–Kier alpha value is -3.26. The predicted molar refractivity (Wildman–Crippen MR) is 117 cm³/mol. The Morgan fingerprint density at radius 2 is 1.91 bits per heavy atom. The molecular weight excluding hydrogens is 477 g/mol. The Morgan fingerprint density at radius 1 is 1.24 bits per heavy atom. The molecule has 4 N–H and O–H groups in total. The van der Waals surface area contributed by atoms with Gasteiger partial charge in [0.2, 0.25) is 5.95 Å². The minimum Gasteiger partial charge on any atom is -0.392 e. The van der Waals surface area contributed by atoms with Crippen LogP contribution in [0.1, 0.15) is 47.3 Å². The number of hydrogen-bond donors (Lipinski definition) is 4. The number of aliphatic hydroxyl groups is 1. The number of anilines is 1. The summed E-state index contributed by atoms with van der Waals surface area (Å²) in [6.07, 6.45) is -3.09. The molecule has 3 rings (SSSR count). The fourth-order valence-corrected chi connectivity index (χ4v) is 4.30. The molecule has 14 heteroatoms. The van der Waals surface area contributed by atoms with Crippen molar-refractivity contribution in [2.24, 2.45) is 5.92 Å². The fraction of sp³-hybridized carbons (Fsp3) is 0.400. The summed E-state index contributed by atoms with van der Waals surface area (Å²) in [5, 5.41) is 14.5. The number of alkyl halides is 3. The van der Waals surface area contributed by atoms with E-state index in [9.17, 15) is 31.5 Å². The lowest BCUT2D eigenvalue weighted by atomic mass is 10.0. The summed E-state index contributed by atoms with van der Waals surface area (Å²) in [5.41, 5.74) is -1.18. The van der Waals surface area contributed by atoms with Gasteiger partial charge in [0.05, 0.1) is 34.1 Å². The zero-order chi connectivity index (χ0) is 25.4. The van der Waals surface area contributed by atoms with Gasteiger partial charge in [0, 0.05) is 19.5 Å². The number of imidazole rings is 1. The number of H-pyrrole nitrogens is 1. The lowest BCUT2D eigenvalue weighted by molar-refractivity contribution is -0.141. The van der Waals surface area contributed by atoms with E-state index in [1.54, 1.807) is 13.8 Å². The second-order valence-corrected chi connectivity index (χ2v) is 9.91. The molecule has 0 radical (unpaired) electrons. The van der Waals surface area contributed by atoms with Crippen LogP contribution >= 0.6 is 0 Å². The standard InChI is InChI=1S/C20H23F3N6O4S/c1-9(2)15(28-19-25-7-11(18(31)24-3)16(29-19)20(21,22)23)17-26-12-5-10(8-30)14(34(4,32)33)6-13(12)27-17/h5-7,9,15,30H,8H2,1-4H3,(H,24,31)(H,26,27)(H,25,28,29). The highest BCUT2D eigenvalue weighted by molar-refractivity contribution is 7.90. The second-order valence-electron chi connectivity index (χ2n) is 7.93. The van der Waals surface area contributed by atoms with Crippen molar-refractivity contribution in [1.29, 1.82) is 0 Å². The lowest BCUT2D eigenvalue weighted by Crippen LogP contribution is -2.26. The van der Waals surface area contributed by atoms with Crippen LogP contribution in [0.5, 0.6) is 0 Å². The molecule has 1 unspecified atom stereocenters. The maximum absolute atomic E-state index is 13.5. The molecule has 3 aromatic rings. The van der Waals surface area contributed by atoms with Crippen molar-refractivity contribution in [3.05, 3.63) is 41.0 Å². The molecule has 10 nitrogen and oxygen atoms in total. The first-order valence-corrected chi connectivity index (χ1v) is 11.9. The summed E-state index contributed by atoms with van der Waals surface area (Å²) in [7, 11) is -2.44. The number of fused-ring (bicyclic) bond motifs is 1. The topological polar surface area (TPSA) is 150 Å². The first-order chi connectivity index (χ1) is 15.8. The van der Waals surface area contributed by atoms with Crippen molar-refractivity contribution in [3.8, 4) is 0 Å². The minimum atomic E-state index is -4.89. The number of aromatic amines is 1. The van der Waals surface area contributed by atoms with Gasteiger partial charge in [0.15, 0.2) is 15.5 Å². The van der Waals surface area contributed by atoms with Crippen LogP contribution in [0.3, 0.4) is 0 Å². The number of rotatable bonds is 7. The molecule has 0 aliphatic rings. The van der Waals surface area contributed by atoms with Gasteiger partial charge in [-0.2, -0.15) is 13.2 Å². The summed E-state index contributed by atoms with van der Waals surface area (Å²) in [6, 6.07) is 2.08. The number of hydrogen-bond acceptors (Lipinski definition) is 8. The number of amides is 1. The third kappa shape index (κ3) is 5.12. The summed E-state index contributed by atoms with van der Waals surface area (Å²) >= 11 is 0. The molecule has 1 aromatic carbocycles. The molecule has 1 amide bonds. The summed E-state index contributed by atoms with van der Waals surface area (Å²) < 4.78 is 64.6. The molecule has 0 spiro atoms. The molecule has 0 aliphatic carbocycles. The number of halogens is 3. The van der Waals surface area contributed by atoms with E-state index in [0.717, 1.165) is 12.5 Å². The van der Waals surface area contributed by atoms with Crippen LogP contribution in [0.25, 0.3) is 11.0 Å². The van der Waals surface area contributed by atoms with E-state index in [1.165, 1.54) is 19.2 Å². The molecule has 0 aliphatic heterocycles. The molecule has 0 saturated heterocycles. The van der Waals surface area contributed by atoms with Crippen LogP contribution in [0, 0.1) is 5.92 Å². The lowest BCUT2D eigenvalue weighted by Gasteiger charge is -2.21. The van der Waals surface area contributed by atoms with Gasteiger partial charge in [-0.15, -0.1) is 0 Å². The first-order valence-electron chi connectivity index (χ1n) is 10.0. The van der Waals surface area contributed by atoms with E-state index in [4.69, 9.17) is 0 Å². The summed E-state index contributed by atoms with van der Waals surface area (Å²) in [5.74, 6) is -1.26. The van der Waals surface area contributed by atoms with Gasteiger partial charge in [-0.3, -0.25) is 4.79 Å². The monoisotopic (exact) mass is 500 g/mol. The molecule has 0 bridgehead atoms. The number of carbonyl (C=O) groups is 1. The van der Waals surface area contributed by atoms with Crippen molar-refractivity contribution in [2.75, 3.05) is 18.6 Å². The third-order valence-electron chi connectivity index (χ3n) is 5.03. The number of aliphatic hydroxyl groups excluding tert-OH is 1. The van der Waals surface area contributed by atoms with Crippen molar-refractivity contribution in [3.63, 3.8) is 0 Å². The maximum atomic E-state index is 13.5. The highest BCUT2D eigenvalue weighted by Crippen LogP contribution is 2.32. The number of sulfone groups is 1. The number of carbonyl (C=O) groups excluding carboxylic acids is 1. The van der Waals surface area contributed by atoms with Crippen molar-refractivity contribution in [2.45, 2.75) is 37.6 Å². The van der Waals surface area contributed by atoms with Gasteiger partial charge in [-0.05, 0) is 23.6 Å². The SMILES string of the molecule is CNC(=O)c1cnc(NC(c2nc3cc(S(C)(=O)=O)c(CO)cc3[nH]2)C(C)C)nc1C(F)(F)F. The molecule has 0 saturated carbocycles. The van der Waals surface area contributed by atoms with Crippen molar-refractivity contribution in [1.82, 2.24) is 25.3 Å². The van der Waals surface area contributed by atoms with E-state index in [-0.39, 0.29) is 22.3 Å².